The summed E-state index contributed by atoms with van der Waals surface area (Å²) < 4.78 is 34.3. The van der Waals surface area contributed by atoms with Gasteiger partial charge in [0.25, 0.3) is 0 Å². The minimum Gasteiger partial charge on any atom is -0.465 e. The Bertz CT molecular complexity index is 839. The molecule has 2 fully saturated rings. The van der Waals surface area contributed by atoms with Crippen molar-refractivity contribution in [1.82, 2.24) is 14.7 Å². The monoisotopic (exact) mass is 515 g/mol. The lowest BCUT2D eigenvalue weighted by molar-refractivity contribution is -0.117. The molecule has 3 aliphatic rings. The molecule has 0 saturated carbocycles. The van der Waals surface area contributed by atoms with Gasteiger partial charge in [-0.05, 0) is 55.9 Å². The highest BCUT2D eigenvalue weighted by Gasteiger charge is 2.36. The molecule has 2 saturated heterocycles. The van der Waals surface area contributed by atoms with Crippen molar-refractivity contribution >= 4 is 29.9 Å². The highest BCUT2D eigenvalue weighted by molar-refractivity contribution is 7.97. The molecule has 1 amide bonds. The van der Waals surface area contributed by atoms with E-state index in [2.05, 4.69) is 4.31 Å². The average molecular weight is 516 g/mol. The molecule has 196 valence electrons. The number of benzene rings is 1. The first-order valence-electron chi connectivity index (χ1n) is 11.7. The van der Waals surface area contributed by atoms with E-state index >= 15 is 0 Å². The van der Waals surface area contributed by atoms with Crippen LogP contribution >= 0.6 is 11.9 Å². The maximum Gasteiger partial charge on any atom is 0.407 e. The number of halogens is 2. The van der Waals surface area contributed by atoms with Crippen molar-refractivity contribution in [1.29, 1.82) is 0 Å². The zero-order valence-corrected chi connectivity index (χ0v) is 20.9. The molecular weight excluding hydrogens is 480 g/mol. The van der Waals surface area contributed by atoms with Gasteiger partial charge in [-0.3, -0.25) is 0 Å². The minimum absolute atomic E-state index is 0.310. The fourth-order valence-corrected chi connectivity index (χ4v) is 5.12. The predicted octanol–water partition coefficient (Wildman–Crippen LogP) is 4.05. The molecule has 0 spiro atoms. The van der Waals surface area contributed by atoms with Gasteiger partial charge in [-0.1, -0.05) is 18.0 Å². The van der Waals surface area contributed by atoms with E-state index in [1.165, 1.54) is 30.9 Å². The van der Waals surface area contributed by atoms with Gasteiger partial charge in [-0.15, -0.1) is 0 Å². The van der Waals surface area contributed by atoms with Crippen molar-refractivity contribution in [3.63, 3.8) is 0 Å². The van der Waals surface area contributed by atoms with Crippen molar-refractivity contribution in [3.05, 3.63) is 41.5 Å². The number of likely N-dealkylation sites (tertiary alicyclic amines) is 1. The van der Waals surface area contributed by atoms with E-state index in [9.17, 15) is 18.4 Å². The zero-order chi connectivity index (χ0) is 25.7. The second kappa shape index (κ2) is 15.1. The largest absolute Gasteiger partial charge is 0.465 e. The Hall–Kier alpha value is -2.05. The van der Waals surface area contributed by atoms with Gasteiger partial charge >= 0.3 is 6.09 Å². The zero-order valence-electron chi connectivity index (χ0n) is 20.0. The number of hydrogen-bond donors (Lipinski definition) is 3. The number of carboxylic acid groups (broad SMARTS) is 1. The summed E-state index contributed by atoms with van der Waals surface area (Å²) in [6.45, 7) is 4.02. The highest BCUT2D eigenvalue weighted by Crippen LogP contribution is 2.35. The number of ether oxygens (including phenoxy) is 1. The number of nitrogens with one attached hydrogen (secondary N) is 1. The van der Waals surface area contributed by atoms with Crippen molar-refractivity contribution in [3.8, 4) is 0 Å². The standard InChI is InChI=1S/C19H22F2N2O3S.C4H8O.CH5NO/c20-15-1-2-17(21)16(11-15)14-3-7-23(8-4-14)27-13-19(12-24)5-9-22(10-6-19)18(25)26;1-2-4-5-3-1;1-2-3/h1-3,11-12H,4-10,13H2,(H,25,26);1-4H2;2-3H,1H3. The third-order valence-corrected chi connectivity index (χ3v) is 7.49. The molecule has 3 N–H and O–H groups in total. The fraction of sp³-hybridized carbons (Fsp3) is 0.583. The first kappa shape index (κ1) is 29.2. The van der Waals surface area contributed by atoms with E-state index in [4.69, 9.17) is 15.1 Å². The quantitative estimate of drug-likeness (QED) is 0.307. The summed E-state index contributed by atoms with van der Waals surface area (Å²) >= 11 is 1.57. The Balaban J connectivity index is 0.000000462. The number of hydroxylamine groups is 1. The van der Waals surface area contributed by atoms with E-state index in [1.807, 2.05) is 6.08 Å². The molecule has 3 aliphatic heterocycles. The van der Waals surface area contributed by atoms with Gasteiger partial charge in [-0.25, -0.2) is 23.4 Å². The van der Waals surface area contributed by atoms with E-state index in [-0.39, 0.29) is 0 Å². The topological polar surface area (TPSA) is 102 Å². The second-order valence-corrected chi connectivity index (χ2v) is 9.62. The van der Waals surface area contributed by atoms with E-state index in [1.54, 1.807) is 17.4 Å². The number of piperidine rings is 1. The average Bonchev–Trinajstić information content (AvgIpc) is 3.46. The van der Waals surface area contributed by atoms with Crippen LogP contribution in [0.5, 0.6) is 0 Å². The van der Waals surface area contributed by atoms with Gasteiger partial charge in [0.15, 0.2) is 0 Å². The number of hydrogen-bond acceptors (Lipinski definition) is 7. The van der Waals surface area contributed by atoms with Crippen LogP contribution in [0.1, 0.15) is 37.7 Å². The van der Waals surface area contributed by atoms with Crippen molar-refractivity contribution in [2.45, 2.75) is 32.1 Å². The Morgan fingerprint density at radius 1 is 1.23 bits per heavy atom. The van der Waals surface area contributed by atoms with Crippen molar-refractivity contribution in [2.24, 2.45) is 5.41 Å². The molecule has 1 aromatic rings. The van der Waals surface area contributed by atoms with Crippen LogP contribution in [0.15, 0.2) is 24.3 Å². The number of rotatable bonds is 5. The summed E-state index contributed by atoms with van der Waals surface area (Å²) in [7, 11) is 1.43. The molecule has 0 aromatic heterocycles. The number of carbonyl (C=O) groups is 2. The summed E-state index contributed by atoms with van der Waals surface area (Å²) in [4.78, 5) is 24.0. The Labute approximate surface area is 209 Å². The third kappa shape index (κ3) is 9.49. The van der Waals surface area contributed by atoms with Gasteiger partial charge in [0.05, 0.1) is 0 Å². The third-order valence-electron chi connectivity index (χ3n) is 6.09. The van der Waals surface area contributed by atoms with Crippen LogP contribution in [0.4, 0.5) is 13.6 Å². The maximum absolute atomic E-state index is 13.9. The van der Waals surface area contributed by atoms with E-state index in [0.29, 0.717) is 56.8 Å². The lowest BCUT2D eigenvalue weighted by atomic mass is 9.82. The normalized spacial score (nSPS) is 19.5. The molecular formula is C24H35F2N3O5S. The van der Waals surface area contributed by atoms with Crippen LogP contribution < -0.4 is 5.48 Å². The van der Waals surface area contributed by atoms with Gasteiger partial charge in [0.1, 0.15) is 17.9 Å². The highest BCUT2D eigenvalue weighted by atomic mass is 32.2. The summed E-state index contributed by atoms with van der Waals surface area (Å²) in [5.74, 6) is -0.278. The number of nitrogens with zero attached hydrogens (tertiary/aromatic N) is 2. The Kier molecular flexibility index (Phi) is 12.6. The lowest BCUT2D eigenvalue weighted by Crippen LogP contribution is -2.45. The Morgan fingerprint density at radius 3 is 2.37 bits per heavy atom. The predicted molar refractivity (Wildman–Crippen MR) is 131 cm³/mol. The molecule has 0 unspecified atom stereocenters. The lowest BCUT2D eigenvalue weighted by Gasteiger charge is -2.38. The SMILES string of the molecule is C1CCOC1.CNO.O=CC1(CSN2CC=C(c3cc(F)ccc3F)CC2)CCN(C(=O)O)CC1. The number of aldehydes is 1. The molecule has 35 heavy (non-hydrogen) atoms. The van der Waals surface area contributed by atoms with Crippen LogP contribution in [0.3, 0.4) is 0 Å². The van der Waals surface area contributed by atoms with Crippen LogP contribution in [0.2, 0.25) is 0 Å². The van der Waals surface area contributed by atoms with Gasteiger partial charge < -0.3 is 24.7 Å². The summed E-state index contributed by atoms with van der Waals surface area (Å²) in [6.07, 6.45) is 6.13. The first-order valence-corrected chi connectivity index (χ1v) is 12.6. The van der Waals surface area contributed by atoms with E-state index in [0.717, 1.165) is 37.2 Å². The van der Waals surface area contributed by atoms with Crippen molar-refractivity contribution in [2.75, 3.05) is 52.2 Å². The van der Waals surface area contributed by atoms with E-state index < -0.39 is 23.1 Å². The Morgan fingerprint density at radius 2 is 1.89 bits per heavy atom. The molecule has 3 heterocycles. The molecule has 0 aliphatic carbocycles. The molecule has 1 aromatic carbocycles. The van der Waals surface area contributed by atoms with Crippen LogP contribution in [-0.2, 0) is 9.53 Å². The van der Waals surface area contributed by atoms with Gasteiger partial charge in [0.2, 0.25) is 0 Å². The van der Waals surface area contributed by atoms with Crippen LogP contribution in [0, 0.1) is 17.0 Å². The summed E-state index contributed by atoms with van der Waals surface area (Å²) in [5.41, 5.74) is 2.35. The molecule has 0 bridgehead atoms. The molecule has 11 heteroatoms. The number of carbonyl (C=O) groups excluding carboxylic acids is 1. The van der Waals surface area contributed by atoms with Crippen LogP contribution in [-0.4, -0.2) is 84.1 Å². The van der Waals surface area contributed by atoms with Crippen LogP contribution in [0.25, 0.3) is 5.57 Å². The first-order chi connectivity index (χ1) is 16.8. The maximum atomic E-state index is 13.9. The van der Waals surface area contributed by atoms with Crippen molar-refractivity contribution < 1.29 is 33.4 Å². The molecule has 4 rings (SSSR count). The summed E-state index contributed by atoms with van der Waals surface area (Å²) in [5, 5.41) is 16.4. The molecule has 8 nitrogen and oxygen atoms in total. The summed E-state index contributed by atoms with van der Waals surface area (Å²) in [6, 6.07) is 3.48. The molecule has 0 atom stereocenters. The van der Waals surface area contributed by atoms with Gasteiger partial charge in [-0.2, -0.15) is 0 Å². The minimum atomic E-state index is -0.944. The molecule has 0 radical (unpaired) electrons. The second-order valence-electron chi connectivity index (χ2n) is 8.56. The number of amides is 1. The van der Waals surface area contributed by atoms with Gasteiger partial charge in [0, 0.05) is 63.2 Å². The smallest absolute Gasteiger partial charge is 0.407 e. The fourth-order valence-electron chi connectivity index (χ4n) is 3.93.